The van der Waals surface area contributed by atoms with Gasteiger partial charge >= 0.3 is 6.03 Å². The van der Waals surface area contributed by atoms with Crippen LogP contribution in [-0.2, 0) is 16.1 Å². The smallest absolute Gasteiger partial charge is 0.329 e. The minimum Gasteiger partial charge on any atom is -0.497 e. The number of imide groups is 1. The lowest BCUT2D eigenvalue weighted by Gasteiger charge is -2.13. The van der Waals surface area contributed by atoms with E-state index < -0.39 is 18.0 Å². The van der Waals surface area contributed by atoms with Gasteiger partial charge in [0, 0.05) is 6.20 Å². The zero-order chi connectivity index (χ0) is 18.5. The predicted octanol–water partition coefficient (Wildman–Crippen LogP) is 1.22. The minimum atomic E-state index is -0.895. The van der Waals surface area contributed by atoms with Crippen molar-refractivity contribution in [2.24, 2.45) is 0 Å². The molecular weight excluding hydrogens is 336 g/mol. The zero-order valence-electron chi connectivity index (χ0n) is 14.1. The summed E-state index contributed by atoms with van der Waals surface area (Å²) in [7, 11) is 1.53. The van der Waals surface area contributed by atoms with E-state index in [0.717, 1.165) is 4.90 Å². The average Bonchev–Trinajstić information content (AvgIpc) is 2.94. The van der Waals surface area contributed by atoms with Gasteiger partial charge in [-0.2, -0.15) is 0 Å². The highest BCUT2D eigenvalue weighted by molar-refractivity contribution is 6.22. The molecule has 26 heavy (non-hydrogen) atoms. The van der Waals surface area contributed by atoms with E-state index in [1.807, 2.05) is 6.07 Å². The third-order valence-corrected chi connectivity index (χ3v) is 3.93. The van der Waals surface area contributed by atoms with Crippen molar-refractivity contribution in [3.05, 3.63) is 54.4 Å². The van der Waals surface area contributed by atoms with Gasteiger partial charge in [0.05, 0.1) is 31.5 Å². The average molecular weight is 354 g/mol. The normalized spacial score (nSPS) is 16.3. The Morgan fingerprint density at radius 3 is 2.65 bits per heavy atom. The van der Waals surface area contributed by atoms with Gasteiger partial charge in [0.2, 0.25) is 5.91 Å². The summed E-state index contributed by atoms with van der Waals surface area (Å²) in [4.78, 5) is 41.8. The number of nitrogens with one attached hydrogen (secondary N) is 2. The van der Waals surface area contributed by atoms with Gasteiger partial charge in [0.1, 0.15) is 11.8 Å². The molecule has 134 valence electrons. The molecule has 0 unspecified atom stereocenters. The second-order valence-electron chi connectivity index (χ2n) is 5.68. The molecule has 0 spiro atoms. The van der Waals surface area contributed by atoms with E-state index in [1.165, 1.54) is 7.11 Å². The van der Waals surface area contributed by atoms with Gasteiger partial charge in [0.15, 0.2) is 0 Å². The number of amides is 4. The number of carbonyl (C=O) groups is 3. The number of aromatic nitrogens is 1. The van der Waals surface area contributed by atoms with E-state index in [1.54, 1.807) is 42.6 Å². The highest BCUT2D eigenvalue weighted by atomic mass is 16.5. The van der Waals surface area contributed by atoms with Crippen molar-refractivity contribution in [3.8, 4) is 5.75 Å². The summed E-state index contributed by atoms with van der Waals surface area (Å²) >= 11 is 0. The number of anilines is 1. The fourth-order valence-electron chi connectivity index (χ4n) is 2.59. The maximum atomic E-state index is 12.5. The topological polar surface area (TPSA) is 101 Å². The van der Waals surface area contributed by atoms with Gasteiger partial charge in [-0.25, -0.2) is 9.69 Å². The first-order valence-corrected chi connectivity index (χ1v) is 8.03. The second-order valence-corrected chi connectivity index (χ2v) is 5.68. The first kappa shape index (κ1) is 17.4. The molecule has 1 aromatic carbocycles. The summed E-state index contributed by atoms with van der Waals surface area (Å²) in [5.41, 5.74) is 1.13. The molecule has 8 nitrogen and oxygen atoms in total. The number of methoxy groups -OCH3 is 1. The maximum absolute atomic E-state index is 12.5. The van der Waals surface area contributed by atoms with Crippen LogP contribution >= 0.6 is 0 Å². The van der Waals surface area contributed by atoms with Crippen molar-refractivity contribution in [1.82, 2.24) is 15.6 Å². The van der Waals surface area contributed by atoms with Gasteiger partial charge in [0.25, 0.3) is 5.91 Å². The lowest BCUT2D eigenvalue weighted by Crippen LogP contribution is -2.36. The number of rotatable bonds is 6. The molecule has 2 aromatic rings. The highest BCUT2D eigenvalue weighted by Gasteiger charge is 2.39. The molecule has 2 N–H and O–H groups in total. The van der Waals surface area contributed by atoms with Crippen LogP contribution in [0.25, 0.3) is 0 Å². The van der Waals surface area contributed by atoms with Crippen molar-refractivity contribution in [3.63, 3.8) is 0 Å². The van der Waals surface area contributed by atoms with Crippen LogP contribution in [0.4, 0.5) is 10.5 Å². The fourth-order valence-corrected chi connectivity index (χ4v) is 2.59. The summed E-state index contributed by atoms with van der Waals surface area (Å²) in [6.07, 6.45) is 1.50. The first-order chi connectivity index (χ1) is 12.6. The Kier molecular flexibility index (Phi) is 5.12. The van der Waals surface area contributed by atoms with Gasteiger partial charge in [-0.15, -0.1) is 0 Å². The Balaban J connectivity index is 1.60. The summed E-state index contributed by atoms with van der Waals surface area (Å²) in [5.74, 6) is -0.190. The van der Waals surface area contributed by atoms with Gasteiger partial charge < -0.3 is 15.4 Å². The van der Waals surface area contributed by atoms with E-state index in [0.29, 0.717) is 17.1 Å². The van der Waals surface area contributed by atoms with Gasteiger partial charge in [-0.3, -0.25) is 14.6 Å². The Bertz CT molecular complexity index is 808. The van der Waals surface area contributed by atoms with E-state index >= 15 is 0 Å². The number of hydrogen-bond acceptors (Lipinski definition) is 5. The molecule has 1 fully saturated rings. The molecule has 1 atom stereocenters. The number of nitrogens with zero attached hydrogens (tertiary/aromatic N) is 2. The third kappa shape index (κ3) is 3.80. The molecule has 1 aliphatic heterocycles. The van der Waals surface area contributed by atoms with Crippen molar-refractivity contribution in [2.45, 2.75) is 19.0 Å². The van der Waals surface area contributed by atoms with Crippen LogP contribution in [0.3, 0.4) is 0 Å². The molecule has 0 aliphatic carbocycles. The molecular formula is C18H18N4O4. The summed E-state index contributed by atoms with van der Waals surface area (Å²) in [6.45, 7) is 0.261. The van der Waals surface area contributed by atoms with E-state index in [9.17, 15) is 14.4 Å². The zero-order valence-corrected chi connectivity index (χ0v) is 14.1. The number of urea groups is 1. The molecule has 3 rings (SSSR count). The Labute approximate surface area is 150 Å². The number of carbonyl (C=O) groups excluding carboxylic acids is 3. The highest BCUT2D eigenvalue weighted by Crippen LogP contribution is 2.23. The first-order valence-electron chi connectivity index (χ1n) is 8.03. The summed E-state index contributed by atoms with van der Waals surface area (Å²) in [6, 6.07) is 10.5. The Morgan fingerprint density at radius 2 is 2.00 bits per heavy atom. The van der Waals surface area contributed by atoms with E-state index in [4.69, 9.17) is 4.74 Å². The Morgan fingerprint density at radius 1 is 1.23 bits per heavy atom. The predicted molar refractivity (Wildman–Crippen MR) is 93.5 cm³/mol. The van der Waals surface area contributed by atoms with Crippen LogP contribution in [0.1, 0.15) is 12.1 Å². The van der Waals surface area contributed by atoms with E-state index in [2.05, 4.69) is 15.6 Å². The van der Waals surface area contributed by atoms with Gasteiger partial charge in [-0.05, 0) is 36.4 Å². The van der Waals surface area contributed by atoms with Crippen LogP contribution in [-0.4, -0.2) is 36.0 Å². The molecule has 0 bridgehead atoms. The van der Waals surface area contributed by atoms with Crippen LogP contribution < -0.4 is 20.3 Å². The molecule has 1 aromatic heterocycles. The van der Waals surface area contributed by atoms with Crippen LogP contribution in [0.5, 0.6) is 5.75 Å². The number of benzene rings is 1. The lowest BCUT2D eigenvalue weighted by molar-refractivity contribution is -0.125. The molecule has 1 aliphatic rings. The summed E-state index contributed by atoms with van der Waals surface area (Å²) in [5, 5.41) is 5.23. The van der Waals surface area contributed by atoms with Crippen LogP contribution in [0.15, 0.2) is 48.7 Å². The molecule has 0 saturated carbocycles. The third-order valence-electron chi connectivity index (χ3n) is 3.93. The van der Waals surface area contributed by atoms with Gasteiger partial charge in [-0.1, -0.05) is 6.07 Å². The quantitative estimate of drug-likeness (QED) is 0.760. The lowest BCUT2D eigenvalue weighted by atomic mass is 10.2. The van der Waals surface area contributed by atoms with Crippen LogP contribution in [0, 0.1) is 0 Å². The van der Waals surface area contributed by atoms with Crippen molar-refractivity contribution >= 4 is 23.5 Å². The van der Waals surface area contributed by atoms with Crippen molar-refractivity contribution in [2.75, 3.05) is 12.0 Å². The minimum absolute atomic E-state index is 0.135. The summed E-state index contributed by atoms with van der Waals surface area (Å²) < 4.78 is 5.06. The monoisotopic (exact) mass is 354 g/mol. The number of pyridine rings is 1. The van der Waals surface area contributed by atoms with Crippen LogP contribution in [0.2, 0.25) is 0 Å². The standard InChI is InChI=1S/C18H18N4O4/c1-26-14-7-5-13(6-8-14)22-17(24)15(21-18(22)25)10-16(23)20-11-12-4-2-3-9-19-12/h2-9,15H,10-11H2,1H3,(H,20,23)(H,21,25)/t15-/m0/s1. The van der Waals surface area contributed by atoms with Crippen molar-refractivity contribution in [1.29, 1.82) is 0 Å². The number of hydrogen-bond donors (Lipinski definition) is 2. The number of ether oxygens (including phenoxy) is 1. The second kappa shape index (κ2) is 7.64. The van der Waals surface area contributed by atoms with Crippen molar-refractivity contribution < 1.29 is 19.1 Å². The van der Waals surface area contributed by atoms with E-state index in [-0.39, 0.29) is 18.9 Å². The maximum Gasteiger partial charge on any atom is 0.329 e. The molecule has 4 amide bonds. The largest absolute Gasteiger partial charge is 0.497 e. The molecule has 2 heterocycles. The Hall–Kier alpha value is -3.42. The SMILES string of the molecule is COc1ccc(N2C(=O)N[C@@H](CC(=O)NCc3ccccn3)C2=O)cc1. The molecule has 8 heteroatoms. The molecule has 1 saturated heterocycles. The fraction of sp³-hybridized carbons (Fsp3) is 0.222. The molecule has 0 radical (unpaired) electrons.